The Balaban J connectivity index is 1.43. The molecule has 1 aromatic heterocycles. The minimum Gasteiger partial charge on any atom is -0.485 e. The van der Waals surface area contributed by atoms with Gasteiger partial charge in [-0.3, -0.25) is 4.72 Å². The molecule has 0 bridgehead atoms. The first-order valence-corrected chi connectivity index (χ1v) is 14.0. The molecule has 192 valence electrons. The van der Waals surface area contributed by atoms with Crippen LogP contribution in [0.3, 0.4) is 0 Å². The fourth-order valence-electron chi connectivity index (χ4n) is 4.86. The van der Waals surface area contributed by atoms with Crippen molar-refractivity contribution in [2.45, 2.75) is 55.2 Å². The molecule has 5 rings (SSSR count). The van der Waals surface area contributed by atoms with Crippen LogP contribution in [0.5, 0.6) is 5.75 Å². The van der Waals surface area contributed by atoms with E-state index in [1.807, 2.05) is 0 Å². The van der Waals surface area contributed by atoms with Crippen LogP contribution in [0.1, 0.15) is 60.0 Å². The second-order valence-electron chi connectivity index (χ2n) is 8.99. The smallest absolute Gasteiger partial charge is 0.416 e. The first-order chi connectivity index (χ1) is 17.2. The second kappa shape index (κ2) is 9.98. The number of aromatic nitrogens is 2. The summed E-state index contributed by atoms with van der Waals surface area (Å²) in [6.07, 6.45) is 0.0932. The number of rotatable bonds is 6. The lowest BCUT2D eigenvalue weighted by Crippen LogP contribution is -2.27. The molecule has 2 aliphatic rings. The normalized spacial score (nSPS) is 19.0. The van der Waals surface area contributed by atoms with Gasteiger partial charge in [-0.05, 0) is 98.1 Å². The van der Waals surface area contributed by atoms with E-state index in [2.05, 4.69) is 19.4 Å². The maximum absolute atomic E-state index is 13.5. The Bertz CT molecular complexity index is 1320. The number of nitrogens with one attached hydrogen (secondary N) is 2. The largest absolute Gasteiger partial charge is 0.485 e. The van der Waals surface area contributed by atoms with Gasteiger partial charge in [-0.25, -0.2) is 13.4 Å². The summed E-state index contributed by atoms with van der Waals surface area (Å²) in [6, 6.07) is 8.61. The molecule has 2 heterocycles. The van der Waals surface area contributed by atoms with Crippen LogP contribution < -0.4 is 14.8 Å². The number of ether oxygens (including phenoxy) is 1. The third-order valence-electron chi connectivity index (χ3n) is 6.65. The minimum absolute atomic E-state index is 0.0226. The summed E-state index contributed by atoms with van der Waals surface area (Å²) in [5.41, 5.74) is 1.61. The molecule has 1 atom stereocenters. The number of nitrogens with zero attached hydrogens (tertiary/aromatic N) is 2. The van der Waals surface area contributed by atoms with Crippen molar-refractivity contribution >= 4 is 26.7 Å². The Morgan fingerprint density at radius 3 is 2.58 bits per heavy atom. The van der Waals surface area contributed by atoms with Crippen molar-refractivity contribution in [1.82, 2.24) is 14.7 Å². The fraction of sp³-hybridized carbons (Fsp3) is 0.417. The Morgan fingerprint density at radius 2 is 1.86 bits per heavy atom. The van der Waals surface area contributed by atoms with Crippen molar-refractivity contribution < 1.29 is 26.3 Å². The summed E-state index contributed by atoms with van der Waals surface area (Å²) in [4.78, 5) is 3.98. The highest BCUT2D eigenvalue weighted by Gasteiger charge is 2.33. The minimum atomic E-state index is -4.43. The van der Waals surface area contributed by atoms with Crippen molar-refractivity contribution in [3.63, 3.8) is 0 Å². The number of fused-ring (bicyclic) bond motifs is 1. The van der Waals surface area contributed by atoms with Crippen LogP contribution in [0.15, 0.2) is 47.6 Å². The SMILES string of the molecule is O=S(=O)(Nc1ncns1)c1ccc2c(c1)CCCC2Oc1ccc(C(F)(F)F)cc1C1CCNCC1. The zero-order chi connectivity index (χ0) is 25.3. The molecule has 1 aliphatic carbocycles. The van der Waals surface area contributed by atoms with E-state index in [9.17, 15) is 21.6 Å². The highest BCUT2D eigenvalue weighted by molar-refractivity contribution is 7.93. The number of halogens is 3. The van der Waals surface area contributed by atoms with Gasteiger partial charge in [-0.1, -0.05) is 6.07 Å². The van der Waals surface area contributed by atoms with Gasteiger partial charge >= 0.3 is 6.18 Å². The molecule has 2 N–H and O–H groups in total. The molecule has 0 amide bonds. The standard InChI is InChI=1S/C24H25F3N4O3S2/c25-24(26,27)17-4-7-22(20(13-17)15-8-10-28-11-9-15)34-21-3-1-2-16-12-18(5-6-19(16)21)36(32,33)31-23-29-14-30-35-23/h4-7,12-15,21,28H,1-3,8-11H2,(H,29,30,31). The average Bonchev–Trinajstić information content (AvgIpc) is 3.36. The van der Waals surface area contributed by atoms with Crippen LogP contribution in [0.25, 0.3) is 0 Å². The van der Waals surface area contributed by atoms with Gasteiger partial charge in [0.1, 0.15) is 18.2 Å². The van der Waals surface area contributed by atoms with E-state index in [0.29, 0.717) is 24.2 Å². The lowest BCUT2D eigenvalue weighted by Gasteiger charge is -2.30. The molecule has 1 unspecified atom stereocenters. The van der Waals surface area contributed by atoms with Crippen LogP contribution in [0.4, 0.5) is 18.3 Å². The molecule has 7 nitrogen and oxygen atoms in total. The van der Waals surface area contributed by atoms with Gasteiger partial charge < -0.3 is 10.1 Å². The Morgan fingerprint density at radius 1 is 1.06 bits per heavy atom. The molecule has 3 aromatic rings. The third kappa shape index (κ3) is 5.35. The molecule has 36 heavy (non-hydrogen) atoms. The van der Waals surface area contributed by atoms with Crippen LogP contribution in [-0.4, -0.2) is 30.9 Å². The molecular weight excluding hydrogens is 513 g/mol. The molecule has 0 saturated carbocycles. The Labute approximate surface area is 211 Å². The van der Waals surface area contributed by atoms with Crippen molar-refractivity contribution in [3.8, 4) is 5.75 Å². The molecule has 2 aromatic carbocycles. The van der Waals surface area contributed by atoms with Gasteiger partial charge in [-0.2, -0.15) is 17.5 Å². The summed E-state index contributed by atoms with van der Waals surface area (Å²) in [5.74, 6) is 0.438. The molecule has 1 fully saturated rings. The number of hydrogen-bond acceptors (Lipinski definition) is 7. The Kier molecular flexibility index (Phi) is 6.92. The van der Waals surface area contributed by atoms with E-state index >= 15 is 0 Å². The predicted octanol–water partition coefficient (Wildman–Crippen LogP) is 5.28. The average molecular weight is 539 g/mol. The van der Waals surface area contributed by atoms with E-state index in [-0.39, 0.29) is 22.0 Å². The molecule has 0 radical (unpaired) electrons. The lowest BCUT2D eigenvalue weighted by atomic mass is 9.87. The number of sulfonamides is 1. The highest BCUT2D eigenvalue weighted by atomic mass is 32.2. The molecule has 1 aliphatic heterocycles. The van der Waals surface area contributed by atoms with Crippen molar-refractivity contribution in [3.05, 3.63) is 65.0 Å². The van der Waals surface area contributed by atoms with Gasteiger partial charge in [0.15, 0.2) is 0 Å². The van der Waals surface area contributed by atoms with Gasteiger partial charge in [0.05, 0.1) is 10.5 Å². The molecule has 12 heteroatoms. The first kappa shape index (κ1) is 25.0. The monoisotopic (exact) mass is 538 g/mol. The predicted molar refractivity (Wildman–Crippen MR) is 130 cm³/mol. The van der Waals surface area contributed by atoms with Gasteiger partial charge in [0.2, 0.25) is 5.13 Å². The highest BCUT2D eigenvalue weighted by Crippen LogP contribution is 2.42. The van der Waals surface area contributed by atoms with Gasteiger partial charge in [0, 0.05) is 11.5 Å². The number of benzene rings is 2. The van der Waals surface area contributed by atoms with E-state index in [0.717, 1.165) is 61.1 Å². The zero-order valence-electron chi connectivity index (χ0n) is 19.2. The van der Waals surface area contributed by atoms with Crippen molar-refractivity contribution in [1.29, 1.82) is 0 Å². The number of piperidine rings is 1. The van der Waals surface area contributed by atoms with Crippen LogP contribution in [0, 0.1) is 0 Å². The van der Waals surface area contributed by atoms with E-state index in [1.54, 1.807) is 12.1 Å². The first-order valence-electron chi connectivity index (χ1n) is 11.7. The van der Waals surface area contributed by atoms with Gasteiger partial charge in [0.25, 0.3) is 10.0 Å². The van der Waals surface area contributed by atoms with Crippen molar-refractivity contribution in [2.75, 3.05) is 17.8 Å². The van der Waals surface area contributed by atoms with Crippen molar-refractivity contribution in [2.24, 2.45) is 0 Å². The molecular formula is C24H25F3N4O3S2. The maximum atomic E-state index is 13.5. The number of hydrogen-bond donors (Lipinski definition) is 2. The van der Waals surface area contributed by atoms with Crippen LogP contribution >= 0.6 is 11.5 Å². The second-order valence-corrected chi connectivity index (χ2v) is 11.4. The summed E-state index contributed by atoms with van der Waals surface area (Å²) >= 11 is 0.945. The maximum Gasteiger partial charge on any atom is 0.416 e. The Hall–Kier alpha value is -2.70. The summed E-state index contributed by atoms with van der Waals surface area (Å²) in [7, 11) is -3.83. The lowest BCUT2D eigenvalue weighted by molar-refractivity contribution is -0.137. The zero-order valence-corrected chi connectivity index (χ0v) is 20.8. The van der Waals surface area contributed by atoms with E-state index in [1.165, 1.54) is 24.5 Å². The summed E-state index contributed by atoms with van der Waals surface area (Å²) in [6.45, 7) is 1.49. The third-order valence-corrected chi connectivity index (χ3v) is 8.70. The van der Waals surface area contributed by atoms with E-state index < -0.39 is 21.8 Å². The van der Waals surface area contributed by atoms with Crippen LogP contribution in [0.2, 0.25) is 0 Å². The quantitative estimate of drug-likeness (QED) is 0.444. The summed E-state index contributed by atoms with van der Waals surface area (Å²) in [5, 5.41) is 3.43. The number of alkyl halides is 3. The van der Waals surface area contributed by atoms with Crippen LogP contribution in [-0.2, 0) is 22.6 Å². The number of aryl methyl sites for hydroxylation is 1. The topological polar surface area (TPSA) is 93.2 Å². The summed E-state index contributed by atoms with van der Waals surface area (Å²) < 4.78 is 78.6. The van der Waals surface area contributed by atoms with E-state index in [4.69, 9.17) is 4.74 Å². The number of anilines is 1. The van der Waals surface area contributed by atoms with Gasteiger partial charge in [-0.15, -0.1) is 0 Å². The molecule has 1 saturated heterocycles. The molecule has 0 spiro atoms. The fourth-order valence-corrected chi connectivity index (χ4v) is 6.58.